The van der Waals surface area contributed by atoms with Crippen LogP contribution in [0.4, 0.5) is 0 Å². The van der Waals surface area contributed by atoms with Crippen molar-refractivity contribution in [2.24, 2.45) is 7.05 Å². The molecule has 0 unspecified atom stereocenters. The van der Waals surface area contributed by atoms with Gasteiger partial charge >= 0.3 is 0 Å². The number of hydrogen-bond donors (Lipinski definition) is 2. The van der Waals surface area contributed by atoms with E-state index in [0.29, 0.717) is 0 Å². The average Bonchev–Trinajstić information content (AvgIpc) is 2.68. The van der Waals surface area contributed by atoms with Gasteiger partial charge in [0.15, 0.2) is 0 Å². The lowest BCUT2D eigenvalue weighted by Gasteiger charge is -2.18. The number of aromatic nitrogens is 1. The molecule has 0 atom stereocenters. The van der Waals surface area contributed by atoms with Gasteiger partial charge in [-0.25, -0.2) is 8.42 Å². The Morgan fingerprint density at radius 3 is 2.42 bits per heavy atom. The third kappa shape index (κ3) is 4.05. The van der Waals surface area contributed by atoms with Gasteiger partial charge in [0.1, 0.15) is 10.6 Å². The smallest absolute Gasteiger partial charge is 0.267 e. The number of carbonyl (C=O) groups is 1. The van der Waals surface area contributed by atoms with Gasteiger partial charge in [0, 0.05) is 20.3 Å². The highest BCUT2D eigenvalue weighted by Crippen LogP contribution is 2.15. The highest BCUT2D eigenvalue weighted by atomic mass is 32.2. The van der Waals surface area contributed by atoms with Gasteiger partial charge in [0.25, 0.3) is 15.9 Å². The molecule has 1 aromatic heterocycles. The molecule has 0 spiro atoms. The van der Waals surface area contributed by atoms with Crippen molar-refractivity contribution in [2.75, 3.05) is 7.05 Å². The first-order valence-corrected chi connectivity index (χ1v) is 7.13. The normalized spacial score (nSPS) is 12.5. The van der Waals surface area contributed by atoms with Gasteiger partial charge in [0.2, 0.25) is 0 Å². The molecule has 0 aromatic carbocycles. The zero-order valence-corrected chi connectivity index (χ0v) is 12.5. The number of nitrogens with zero attached hydrogens (tertiary/aromatic N) is 1. The number of sulfonamides is 1. The SMILES string of the molecule is CNC(=O)c1cc(S(=O)(=O)NOC(C)(C)C)cn1C. The molecular weight excluding hydrogens is 270 g/mol. The van der Waals surface area contributed by atoms with E-state index in [2.05, 4.69) is 5.32 Å². The molecule has 7 nitrogen and oxygen atoms in total. The Morgan fingerprint density at radius 2 is 1.95 bits per heavy atom. The predicted molar refractivity (Wildman–Crippen MR) is 70.0 cm³/mol. The molecule has 0 bridgehead atoms. The van der Waals surface area contributed by atoms with Gasteiger partial charge in [-0.15, -0.1) is 0 Å². The topological polar surface area (TPSA) is 89.4 Å². The van der Waals surface area contributed by atoms with Crippen LogP contribution < -0.4 is 10.2 Å². The fourth-order valence-corrected chi connectivity index (χ4v) is 2.28. The van der Waals surface area contributed by atoms with Gasteiger partial charge < -0.3 is 9.88 Å². The summed E-state index contributed by atoms with van der Waals surface area (Å²) >= 11 is 0. The molecule has 1 amide bonds. The van der Waals surface area contributed by atoms with Crippen LogP contribution in [-0.2, 0) is 21.9 Å². The third-order valence-corrected chi connectivity index (χ3v) is 3.35. The van der Waals surface area contributed by atoms with Crippen LogP contribution in [0.25, 0.3) is 0 Å². The van der Waals surface area contributed by atoms with E-state index in [9.17, 15) is 13.2 Å². The lowest BCUT2D eigenvalue weighted by atomic mass is 10.2. The molecule has 1 aromatic rings. The van der Waals surface area contributed by atoms with Crippen LogP contribution in [0.1, 0.15) is 31.3 Å². The van der Waals surface area contributed by atoms with Gasteiger partial charge in [-0.05, 0) is 26.8 Å². The fourth-order valence-electron chi connectivity index (χ4n) is 1.26. The molecule has 8 heteroatoms. The van der Waals surface area contributed by atoms with E-state index in [1.54, 1.807) is 27.8 Å². The minimum Gasteiger partial charge on any atom is -0.354 e. The first-order valence-electron chi connectivity index (χ1n) is 5.65. The Kier molecular flexibility index (Phi) is 4.39. The van der Waals surface area contributed by atoms with Crippen molar-refractivity contribution < 1.29 is 18.0 Å². The van der Waals surface area contributed by atoms with Crippen molar-refractivity contribution in [3.05, 3.63) is 18.0 Å². The Balaban J connectivity index is 3.00. The maximum Gasteiger partial charge on any atom is 0.267 e. The van der Waals surface area contributed by atoms with Crippen molar-refractivity contribution in [1.29, 1.82) is 0 Å². The molecule has 0 saturated carbocycles. The van der Waals surface area contributed by atoms with Crippen molar-refractivity contribution in [1.82, 2.24) is 14.8 Å². The van der Waals surface area contributed by atoms with Crippen LogP contribution >= 0.6 is 0 Å². The van der Waals surface area contributed by atoms with Crippen LogP contribution in [0.15, 0.2) is 17.2 Å². The fraction of sp³-hybridized carbons (Fsp3) is 0.545. The maximum atomic E-state index is 12.0. The molecule has 108 valence electrons. The number of rotatable bonds is 4. The molecule has 0 radical (unpaired) electrons. The summed E-state index contributed by atoms with van der Waals surface area (Å²) in [6.45, 7) is 5.16. The van der Waals surface area contributed by atoms with E-state index in [-0.39, 0.29) is 16.5 Å². The molecule has 2 N–H and O–H groups in total. The molecule has 19 heavy (non-hydrogen) atoms. The summed E-state index contributed by atoms with van der Waals surface area (Å²) < 4.78 is 25.4. The Hall–Kier alpha value is -1.38. The molecule has 0 saturated heterocycles. The largest absolute Gasteiger partial charge is 0.354 e. The first-order chi connectivity index (χ1) is 8.57. The second-order valence-electron chi connectivity index (χ2n) is 5.05. The van der Waals surface area contributed by atoms with Crippen LogP contribution in [0.2, 0.25) is 0 Å². The molecule has 0 fully saturated rings. The van der Waals surface area contributed by atoms with Gasteiger partial charge in [-0.3, -0.25) is 9.63 Å². The van der Waals surface area contributed by atoms with E-state index < -0.39 is 15.6 Å². The standard InChI is InChI=1S/C11H19N3O4S/c1-11(2,3)18-13-19(16,17)8-6-9(10(15)12-4)14(5)7-8/h6-7,13H,1-5H3,(H,12,15). The predicted octanol–water partition coefficient (Wildman–Crippen LogP) is 0.393. The second-order valence-corrected chi connectivity index (χ2v) is 6.70. The molecule has 1 heterocycles. The third-order valence-electron chi connectivity index (χ3n) is 2.21. The number of hydrogen-bond acceptors (Lipinski definition) is 4. The second kappa shape index (κ2) is 5.32. The van der Waals surface area contributed by atoms with Crippen molar-refractivity contribution in [3.63, 3.8) is 0 Å². The number of nitrogens with one attached hydrogen (secondary N) is 2. The minimum atomic E-state index is -3.81. The zero-order chi connectivity index (χ0) is 14.8. The Labute approximate surface area is 112 Å². The molecule has 0 aliphatic heterocycles. The Morgan fingerprint density at radius 1 is 1.37 bits per heavy atom. The highest BCUT2D eigenvalue weighted by molar-refractivity contribution is 7.89. The van der Waals surface area contributed by atoms with Gasteiger partial charge in [-0.1, -0.05) is 4.89 Å². The lowest BCUT2D eigenvalue weighted by molar-refractivity contribution is -0.0357. The molecule has 1 rings (SSSR count). The van der Waals surface area contributed by atoms with Gasteiger partial charge in [-0.2, -0.15) is 0 Å². The van der Waals surface area contributed by atoms with Crippen molar-refractivity contribution in [2.45, 2.75) is 31.3 Å². The van der Waals surface area contributed by atoms with E-state index in [1.807, 2.05) is 4.89 Å². The number of aryl methyl sites for hydroxylation is 1. The van der Waals surface area contributed by atoms with Crippen molar-refractivity contribution in [3.8, 4) is 0 Å². The summed E-state index contributed by atoms with van der Waals surface area (Å²) in [5.41, 5.74) is -0.399. The number of carbonyl (C=O) groups excluding carboxylic acids is 1. The lowest BCUT2D eigenvalue weighted by Crippen LogP contribution is -2.33. The zero-order valence-electron chi connectivity index (χ0n) is 11.6. The minimum absolute atomic E-state index is 0.0298. The van der Waals surface area contributed by atoms with Crippen LogP contribution in [-0.4, -0.2) is 31.5 Å². The van der Waals surface area contributed by atoms with E-state index >= 15 is 0 Å². The van der Waals surface area contributed by atoms with Crippen LogP contribution in [0.5, 0.6) is 0 Å². The summed E-state index contributed by atoms with van der Waals surface area (Å²) in [4.78, 5) is 18.6. The highest BCUT2D eigenvalue weighted by Gasteiger charge is 2.22. The van der Waals surface area contributed by atoms with Crippen LogP contribution in [0.3, 0.4) is 0 Å². The first kappa shape index (κ1) is 15.7. The van der Waals surface area contributed by atoms with E-state index in [1.165, 1.54) is 23.9 Å². The average molecular weight is 289 g/mol. The van der Waals surface area contributed by atoms with Crippen LogP contribution in [0, 0.1) is 0 Å². The Bertz CT molecular complexity index is 569. The van der Waals surface area contributed by atoms with E-state index in [0.717, 1.165) is 0 Å². The summed E-state index contributed by atoms with van der Waals surface area (Å²) in [6, 6.07) is 1.28. The maximum absolute atomic E-state index is 12.0. The summed E-state index contributed by atoms with van der Waals surface area (Å²) in [7, 11) is -0.742. The summed E-state index contributed by atoms with van der Waals surface area (Å²) in [6.07, 6.45) is 1.35. The molecule has 0 aliphatic rings. The monoisotopic (exact) mass is 289 g/mol. The summed E-state index contributed by atoms with van der Waals surface area (Å²) in [5.74, 6) is -0.360. The molecular formula is C11H19N3O4S. The van der Waals surface area contributed by atoms with Crippen molar-refractivity contribution >= 4 is 15.9 Å². The quantitative estimate of drug-likeness (QED) is 0.785. The number of amides is 1. The van der Waals surface area contributed by atoms with E-state index in [4.69, 9.17) is 4.84 Å². The summed E-state index contributed by atoms with van der Waals surface area (Å²) in [5, 5.41) is 2.44. The van der Waals surface area contributed by atoms with Gasteiger partial charge in [0.05, 0.1) is 5.60 Å². The molecule has 0 aliphatic carbocycles.